The third-order valence-corrected chi connectivity index (χ3v) is 6.19. The number of amides is 1. The van der Waals surface area contributed by atoms with Crippen molar-refractivity contribution >= 4 is 11.9 Å². The molecule has 0 saturated carbocycles. The summed E-state index contributed by atoms with van der Waals surface area (Å²) in [5, 5.41) is 10.0. The summed E-state index contributed by atoms with van der Waals surface area (Å²) in [6.07, 6.45) is -6.43. The van der Waals surface area contributed by atoms with E-state index in [9.17, 15) is 27.9 Å². The summed E-state index contributed by atoms with van der Waals surface area (Å²) in [6, 6.07) is 19.1. The van der Waals surface area contributed by atoms with E-state index < -0.39 is 36.8 Å². The average molecular weight is 530 g/mol. The van der Waals surface area contributed by atoms with Gasteiger partial charge in [0, 0.05) is 18.5 Å². The molecule has 2 atom stereocenters. The molecule has 10 heteroatoms. The fraction of sp³-hybridized carbons (Fsp3) is 0.286. The highest BCUT2D eigenvalue weighted by molar-refractivity contribution is 5.88. The van der Waals surface area contributed by atoms with Crippen molar-refractivity contribution in [2.24, 2.45) is 0 Å². The molecule has 0 spiro atoms. The number of benzene rings is 3. The lowest BCUT2D eigenvalue weighted by molar-refractivity contribution is -0.193. The summed E-state index contributed by atoms with van der Waals surface area (Å²) in [4.78, 5) is 26.9. The summed E-state index contributed by atoms with van der Waals surface area (Å²) in [5.74, 6) is -1.41. The highest BCUT2D eigenvalue weighted by Gasteiger charge is 2.41. The van der Waals surface area contributed by atoms with Crippen LogP contribution in [-0.2, 0) is 33.9 Å². The standard InChI is InChI=1S/C28H26F3NO6/c1-36-23-13-12-20-15-32(26(33)24(38-17-28(29,30)31)19-10-6-3-7-11-19)22(27(34)35)14-21(20)25(23)37-16-18-8-4-2-5-9-18/h2-13,22,24H,14-17H2,1H3,(H,34,35)/t22-,24?/m0/s1. The van der Waals surface area contributed by atoms with Crippen LogP contribution in [0, 0.1) is 0 Å². The Morgan fingerprint density at radius 2 is 1.68 bits per heavy atom. The molecule has 1 amide bonds. The average Bonchev–Trinajstić information content (AvgIpc) is 2.91. The van der Waals surface area contributed by atoms with Gasteiger partial charge in [-0.15, -0.1) is 0 Å². The molecule has 0 saturated heterocycles. The zero-order chi connectivity index (χ0) is 27.3. The minimum absolute atomic E-state index is 0.126. The molecule has 0 aromatic heterocycles. The Balaban J connectivity index is 1.67. The van der Waals surface area contributed by atoms with Gasteiger partial charge in [-0.3, -0.25) is 4.79 Å². The molecule has 7 nitrogen and oxygen atoms in total. The fourth-order valence-corrected chi connectivity index (χ4v) is 4.38. The minimum atomic E-state index is -4.67. The quantitative estimate of drug-likeness (QED) is 0.423. The largest absolute Gasteiger partial charge is 0.493 e. The number of fused-ring (bicyclic) bond motifs is 1. The van der Waals surface area contributed by atoms with Crippen LogP contribution in [0.3, 0.4) is 0 Å². The van der Waals surface area contributed by atoms with Crippen LogP contribution in [0.25, 0.3) is 0 Å². The Labute approximate surface area is 217 Å². The Morgan fingerprint density at radius 3 is 2.29 bits per heavy atom. The van der Waals surface area contributed by atoms with Gasteiger partial charge in [-0.2, -0.15) is 13.2 Å². The molecule has 0 aliphatic carbocycles. The van der Waals surface area contributed by atoms with Crippen molar-refractivity contribution in [3.63, 3.8) is 0 Å². The first-order valence-electron chi connectivity index (χ1n) is 11.8. The number of halogens is 3. The SMILES string of the molecule is COc1ccc2c(c1OCc1ccccc1)C[C@@H](C(=O)O)N(C(=O)C(OCC(F)(F)F)c1ccccc1)C2. The van der Waals surface area contributed by atoms with Crippen LogP contribution in [0.4, 0.5) is 13.2 Å². The van der Waals surface area contributed by atoms with E-state index in [1.54, 1.807) is 30.3 Å². The Morgan fingerprint density at radius 1 is 1.03 bits per heavy atom. The first kappa shape index (κ1) is 27.0. The molecule has 200 valence electrons. The van der Waals surface area contributed by atoms with E-state index >= 15 is 0 Å². The maximum Gasteiger partial charge on any atom is 0.411 e. The van der Waals surface area contributed by atoms with Crippen LogP contribution in [0.5, 0.6) is 11.5 Å². The van der Waals surface area contributed by atoms with Crippen LogP contribution in [0.1, 0.15) is 28.4 Å². The molecule has 1 aliphatic heterocycles. The lowest BCUT2D eigenvalue weighted by atomic mass is 9.91. The van der Waals surface area contributed by atoms with Crippen molar-refractivity contribution in [3.8, 4) is 11.5 Å². The van der Waals surface area contributed by atoms with Crippen LogP contribution in [-0.4, -0.2) is 47.8 Å². The second-order valence-electron chi connectivity index (χ2n) is 8.75. The molecule has 0 radical (unpaired) electrons. The lowest BCUT2D eigenvalue weighted by Gasteiger charge is -2.37. The number of rotatable bonds is 9. The topological polar surface area (TPSA) is 85.3 Å². The smallest absolute Gasteiger partial charge is 0.411 e. The van der Waals surface area contributed by atoms with E-state index in [4.69, 9.17) is 14.2 Å². The number of nitrogens with zero attached hydrogens (tertiary/aromatic N) is 1. The van der Waals surface area contributed by atoms with Crippen molar-refractivity contribution < 1.29 is 42.1 Å². The van der Waals surface area contributed by atoms with Crippen LogP contribution < -0.4 is 9.47 Å². The highest BCUT2D eigenvalue weighted by atomic mass is 19.4. The van der Waals surface area contributed by atoms with E-state index in [1.165, 1.54) is 19.2 Å². The summed E-state index contributed by atoms with van der Waals surface area (Å²) in [5.41, 5.74) is 2.24. The van der Waals surface area contributed by atoms with Crippen LogP contribution in [0.2, 0.25) is 0 Å². The Bertz CT molecular complexity index is 1270. The normalized spacial score (nSPS) is 15.9. The molecule has 3 aromatic rings. The van der Waals surface area contributed by atoms with Gasteiger partial charge in [0.1, 0.15) is 19.3 Å². The molecular formula is C28H26F3NO6. The molecule has 4 rings (SSSR count). The predicted octanol–water partition coefficient (Wildman–Crippen LogP) is 4.93. The van der Waals surface area contributed by atoms with Gasteiger partial charge in [0.25, 0.3) is 5.91 Å². The number of hydrogen-bond acceptors (Lipinski definition) is 5. The maximum atomic E-state index is 13.6. The van der Waals surface area contributed by atoms with Crippen LogP contribution in [0.15, 0.2) is 72.8 Å². The number of aliphatic carboxylic acids is 1. The molecule has 1 N–H and O–H groups in total. The van der Waals surface area contributed by atoms with E-state index in [2.05, 4.69) is 0 Å². The van der Waals surface area contributed by atoms with Gasteiger partial charge in [-0.1, -0.05) is 66.7 Å². The number of carboxylic acids is 1. The summed E-state index contributed by atoms with van der Waals surface area (Å²) >= 11 is 0. The second-order valence-corrected chi connectivity index (χ2v) is 8.75. The number of carboxylic acid groups (broad SMARTS) is 1. The van der Waals surface area contributed by atoms with Gasteiger partial charge in [-0.25, -0.2) is 4.79 Å². The van der Waals surface area contributed by atoms with Gasteiger partial charge in [0.05, 0.1) is 7.11 Å². The summed E-state index contributed by atoms with van der Waals surface area (Å²) in [6.45, 7) is -1.61. The van der Waals surface area contributed by atoms with Crippen molar-refractivity contribution in [1.82, 2.24) is 4.90 Å². The molecule has 38 heavy (non-hydrogen) atoms. The second kappa shape index (κ2) is 11.6. The fourth-order valence-electron chi connectivity index (χ4n) is 4.38. The molecule has 0 fully saturated rings. The van der Waals surface area contributed by atoms with Gasteiger partial charge >= 0.3 is 12.1 Å². The Hall–Kier alpha value is -4.05. The highest BCUT2D eigenvalue weighted by Crippen LogP contribution is 2.40. The van der Waals surface area contributed by atoms with Crippen molar-refractivity contribution in [2.45, 2.75) is 37.9 Å². The number of alkyl halides is 3. The van der Waals surface area contributed by atoms with E-state index in [-0.39, 0.29) is 25.1 Å². The third-order valence-electron chi connectivity index (χ3n) is 6.19. The van der Waals surface area contributed by atoms with Crippen molar-refractivity contribution in [3.05, 3.63) is 95.1 Å². The van der Waals surface area contributed by atoms with Crippen LogP contribution >= 0.6 is 0 Å². The number of carbonyl (C=O) groups is 2. The molecule has 1 heterocycles. The lowest BCUT2D eigenvalue weighted by Crippen LogP contribution is -2.50. The van der Waals surface area contributed by atoms with Gasteiger partial charge in [0.2, 0.25) is 0 Å². The zero-order valence-electron chi connectivity index (χ0n) is 20.5. The van der Waals surface area contributed by atoms with Gasteiger partial charge in [-0.05, 0) is 22.8 Å². The monoisotopic (exact) mass is 529 g/mol. The molecule has 0 bridgehead atoms. The van der Waals surface area contributed by atoms with E-state index in [0.717, 1.165) is 10.5 Å². The number of ether oxygens (including phenoxy) is 3. The first-order chi connectivity index (χ1) is 18.2. The summed E-state index contributed by atoms with van der Waals surface area (Å²) < 4.78 is 55.5. The van der Waals surface area contributed by atoms with Gasteiger partial charge < -0.3 is 24.2 Å². The molecule has 1 aliphatic rings. The zero-order valence-corrected chi connectivity index (χ0v) is 20.5. The van der Waals surface area contributed by atoms with Gasteiger partial charge in [0.15, 0.2) is 17.6 Å². The number of carbonyl (C=O) groups excluding carboxylic acids is 1. The Kier molecular flexibility index (Phi) is 8.21. The maximum absolute atomic E-state index is 13.6. The predicted molar refractivity (Wildman–Crippen MR) is 131 cm³/mol. The van der Waals surface area contributed by atoms with Crippen molar-refractivity contribution in [1.29, 1.82) is 0 Å². The summed E-state index contributed by atoms with van der Waals surface area (Å²) in [7, 11) is 1.47. The first-order valence-corrected chi connectivity index (χ1v) is 11.8. The van der Waals surface area contributed by atoms with E-state index in [0.29, 0.717) is 22.6 Å². The third kappa shape index (κ3) is 6.25. The van der Waals surface area contributed by atoms with Crippen molar-refractivity contribution in [2.75, 3.05) is 13.7 Å². The van der Waals surface area contributed by atoms with E-state index in [1.807, 2.05) is 30.3 Å². The molecular weight excluding hydrogens is 503 g/mol. The number of methoxy groups -OCH3 is 1. The minimum Gasteiger partial charge on any atom is -0.493 e. The molecule has 1 unspecified atom stereocenters. The molecule has 3 aromatic carbocycles. The number of hydrogen-bond donors (Lipinski definition) is 1.